The van der Waals surface area contributed by atoms with Crippen molar-refractivity contribution in [3.05, 3.63) is 46.5 Å². The van der Waals surface area contributed by atoms with Gasteiger partial charge >= 0.3 is 0 Å². The lowest BCUT2D eigenvalue weighted by molar-refractivity contribution is 0.167. The largest absolute Gasteiger partial charge is 0.384 e. The number of methoxy groups -OCH3 is 1. The molecule has 4 rings (SSSR count). The number of fused-ring (bicyclic) bond motifs is 1. The first kappa shape index (κ1) is 15.5. The van der Waals surface area contributed by atoms with Gasteiger partial charge in [0.25, 0.3) is 0 Å². The van der Waals surface area contributed by atoms with Crippen molar-refractivity contribution < 1.29 is 4.74 Å². The van der Waals surface area contributed by atoms with E-state index in [1.54, 1.807) is 7.11 Å². The molecule has 0 aliphatic heterocycles. The molecule has 6 heteroatoms. The van der Waals surface area contributed by atoms with Crippen LogP contribution in [0, 0.1) is 13.8 Å². The summed E-state index contributed by atoms with van der Waals surface area (Å²) >= 11 is 6.14. The summed E-state index contributed by atoms with van der Waals surface area (Å²) in [6.45, 7) is 4.64. The van der Waals surface area contributed by atoms with Gasteiger partial charge in [0.2, 0.25) is 0 Å². The Kier molecular flexibility index (Phi) is 3.58. The molecule has 0 N–H and O–H groups in total. The fraction of sp³-hybridized carbons (Fsp3) is 0.389. The van der Waals surface area contributed by atoms with Crippen LogP contribution >= 0.6 is 11.6 Å². The molecule has 0 radical (unpaired) electrons. The summed E-state index contributed by atoms with van der Waals surface area (Å²) in [6.07, 6.45) is 2.13. The summed E-state index contributed by atoms with van der Waals surface area (Å²) in [5.41, 5.74) is 1.98. The first-order chi connectivity index (χ1) is 11.5. The molecule has 0 atom stereocenters. The lowest BCUT2D eigenvalue weighted by Gasteiger charge is -2.15. The van der Waals surface area contributed by atoms with E-state index in [2.05, 4.69) is 23.1 Å². The van der Waals surface area contributed by atoms with E-state index in [-0.39, 0.29) is 5.41 Å². The van der Waals surface area contributed by atoms with Crippen LogP contribution in [0.25, 0.3) is 16.7 Å². The maximum absolute atomic E-state index is 6.14. The third-order valence-corrected chi connectivity index (χ3v) is 4.88. The summed E-state index contributed by atoms with van der Waals surface area (Å²) in [7, 11) is 1.73. The minimum atomic E-state index is -0.0329. The maximum Gasteiger partial charge on any atom is 0.156 e. The zero-order chi connectivity index (χ0) is 16.9. The van der Waals surface area contributed by atoms with E-state index in [0.29, 0.717) is 11.6 Å². The lowest BCUT2D eigenvalue weighted by atomic mass is 10.1. The van der Waals surface area contributed by atoms with Crippen molar-refractivity contribution in [1.29, 1.82) is 0 Å². The molecule has 24 heavy (non-hydrogen) atoms. The molecular formula is C18H19ClN4O. The van der Waals surface area contributed by atoms with Crippen LogP contribution in [0.1, 0.15) is 30.1 Å². The number of aryl methyl sites for hydroxylation is 2. The molecule has 0 amide bonds. The van der Waals surface area contributed by atoms with Crippen LogP contribution in [0.15, 0.2) is 24.3 Å². The molecule has 0 spiro atoms. The van der Waals surface area contributed by atoms with Crippen LogP contribution in [0.2, 0.25) is 5.02 Å². The summed E-state index contributed by atoms with van der Waals surface area (Å²) in [5, 5.41) is 6.37. The number of benzene rings is 1. The topological polar surface area (TPSA) is 52.8 Å². The van der Waals surface area contributed by atoms with Gasteiger partial charge in [-0.1, -0.05) is 17.7 Å². The van der Waals surface area contributed by atoms with Gasteiger partial charge in [-0.25, -0.2) is 9.97 Å². The Morgan fingerprint density at radius 3 is 2.71 bits per heavy atom. The zero-order valence-electron chi connectivity index (χ0n) is 14.0. The van der Waals surface area contributed by atoms with Crippen LogP contribution in [0.4, 0.5) is 0 Å². The predicted molar refractivity (Wildman–Crippen MR) is 93.9 cm³/mol. The lowest BCUT2D eigenvalue weighted by Crippen LogP contribution is -2.20. The molecule has 1 fully saturated rings. The predicted octanol–water partition coefficient (Wildman–Crippen LogP) is 3.76. The molecule has 1 saturated carbocycles. The minimum Gasteiger partial charge on any atom is -0.384 e. The summed E-state index contributed by atoms with van der Waals surface area (Å²) < 4.78 is 7.28. The summed E-state index contributed by atoms with van der Waals surface area (Å²) in [4.78, 5) is 9.45. The average Bonchev–Trinajstić information content (AvgIpc) is 3.20. The Balaban J connectivity index is 1.89. The van der Waals surface area contributed by atoms with Gasteiger partial charge in [-0.15, -0.1) is 5.10 Å². The van der Waals surface area contributed by atoms with Gasteiger partial charge in [0.15, 0.2) is 5.82 Å². The van der Waals surface area contributed by atoms with E-state index in [1.165, 1.54) is 0 Å². The standard InChI is InChI=1S/C18H19ClN4O/c1-11-8-16(21-15-9-13(19)4-5-14(11)15)23-17(20-12(2)22-23)18(6-7-18)10-24-3/h4-5,8-9H,6-7,10H2,1-3H3. The number of hydrogen-bond donors (Lipinski definition) is 0. The Bertz CT molecular complexity index is 930. The van der Waals surface area contributed by atoms with Gasteiger partial charge in [0.1, 0.15) is 11.6 Å². The molecule has 0 unspecified atom stereocenters. The zero-order valence-corrected chi connectivity index (χ0v) is 14.8. The van der Waals surface area contributed by atoms with Crippen LogP contribution in [-0.4, -0.2) is 33.5 Å². The molecular weight excluding hydrogens is 324 g/mol. The molecule has 124 valence electrons. The van der Waals surface area contributed by atoms with E-state index in [9.17, 15) is 0 Å². The van der Waals surface area contributed by atoms with Crippen molar-refractivity contribution in [2.75, 3.05) is 13.7 Å². The first-order valence-corrected chi connectivity index (χ1v) is 8.41. The minimum absolute atomic E-state index is 0.0329. The molecule has 2 aromatic heterocycles. The SMILES string of the molecule is COCC1(c2nc(C)nn2-c2cc(C)c3ccc(Cl)cc3n2)CC1. The van der Waals surface area contributed by atoms with Crippen LogP contribution in [0.3, 0.4) is 0 Å². The van der Waals surface area contributed by atoms with Crippen molar-refractivity contribution in [2.24, 2.45) is 0 Å². The second-order valence-corrected chi connectivity index (χ2v) is 7.00. The molecule has 0 saturated heterocycles. The average molecular weight is 343 g/mol. The van der Waals surface area contributed by atoms with Gasteiger partial charge < -0.3 is 4.74 Å². The highest BCUT2D eigenvalue weighted by atomic mass is 35.5. The number of rotatable bonds is 4. The molecule has 3 aromatic rings. The van der Waals surface area contributed by atoms with Crippen molar-refractivity contribution in [2.45, 2.75) is 32.1 Å². The van der Waals surface area contributed by atoms with E-state index < -0.39 is 0 Å². The van der Waals surface area contributed by atoms with Crippen LogP contribution in [0.5, 0.6) is 0 Å². The highest BCUT2D eigenvalue weighted by Gasteiger charge is 2.49. The number of aromatic nitrogens is 4. The van der Waals surface area contributed by atoms with Gasteiger partial charge in [0, 0.05) is 17.5 Å². The molecule has 2 heterocycles. The summed E-state index contributed by atoms with van der Waals surface area (Å²) in [5.74, 6) is 2.47. The van der Waals surface area contributed by atoms with Crippen molar-refractivity contribution >= 4 is 22.5 Å². The van der Waals surface area contributed by atoms with Gasteiger partial charge in [-0.05, 0) is 50.5 Å². The fourth-order valence-corrected chi connectivity index (χ4v) is 3.41. The number of halogens is 1. The van der Waals surface area contributed by atoms with Crippen LogP contribution < -0.4 is 0 Å². The second kappa shape index (κ2) is 5.53. The highest BCUT2D eigenvalue weighted by molar-refractivity contribution is 6.31. The molecule has 5 nitrogen and oxygen atoms in total. The number of pyridine rings is 1. The molecule has 1 aliphatic rings. The highest BCUT2D eigenvalue weighted by Crippen LogP contribution is 2.48. The van der Waals surface area contributed by atoms with E-state index >= 15 is 0 Å². The smallest absolute Gasteiger partial charge is 0.156 e. The number of ether oxygens (including phenoxy) is 1. The third kappa shape index (κ3) is 2.48. The van der Waals surface area contributed by atoms with Crippen molar-refractivity contribution in [3.63, 3.8) is 0 Å². The first-order valence-electron chi connectivity index (χ1n) is 8.03. The number of hydrogen-bond acceptors (Lipinski definition) is 4. The van der Waals surface area contributed by atoms with E-state index in [4.69, 9.17) is 21.3 Å². The second-order valence-electron chi connectivity index (χ2n) is 6.57. The van der Waals surface area contributed by atoms with E-state index in [1.807, 2.05) is 29.8 Å². The summed E-state index contributed by atoms with van der Waals surface area (Å²) in [6, 6.07) is 7.83. The Morgan fingerprint density at radius 1 is 1.21 bits per heavy atom. The van der Waals surface area contributed by atoms with Crippen molar-refractivity contribution in [3.8, 4) is 5.82 Å². The van der Waals surface area contributed by atoms with E-state index in [0.717, 1.165) is 46.8 Å². The Hall–Kier alpha value is -1.98. The molecule has 0 bridgehead atoms. The maximum atomic E-state index is 6.14. The quantitative estimate of drug-likeness (QED) is 0.724. The van der Waals surface area contributed by atoms with Gasteiger partial charge in [-0.3, -0.25) is 0 Å². The normalized spacial score (nSPS) is 15.8. The monoisotopic (exact) mass is 342 g/mol. The van der Waals surface area contributed by atoms with Gasteiger partial charge in [-0.2, -0.15) is 4.68 Å². The van der Waals surface area contributed by atoms with Gasteiger partial charge in [0.05, 0.1) is 17.5 Å². The third-order valence-electron chi connectivity index (χ3n) is 4.64. The Labute approximate surface area is 145 Å². The molecule has 1 aromatic carbocycles. The number of nitrogens with zero attached hydrogens (tertiary/aromatic N) is 4. The molecule has 1 aliphatic carbocycles. The van der Waals surface area contributed by atoms with Crippen LogP contribution in [-0.2, 0) is 10.2 Å². The Morgan fingerprint density at radius 2 is 2.00 bits per heavy atom. The fourth-order valence-electron chi connectivity index (χ4n) is 3.24. The van der Waals surface area contributed by atoms with Crippen molar-refractivity contribution in [1.82, 2.24) is 19.7 Å².